The number of aromatic nitrogens is 1. The Labute approximate surface area is 138 Å². The summed E-state index contributed by atoms with van der Waals surface area (Å²) in [5.41, 5.74) is 13.6. The van der Waals surface area contributed by atoms with Crippen molar-refractivity contribution in [3.8, 4) is 0 Å². The molecule has 3 rings (SSSR count). The van der Waals surface area contributed by atoms with E-state index in [9.17, 15) is 4.79 Å². The number of nitrogen functional groups attached to an aromatic ring is 1. The zero-order valence-electron chi connectivity index (χ0n) is 12.5. The van der Waals surface area contributed by atoms with Crippen molar-refractivity contribution in [3.05, 3.63) is 59.1 Å². The Kier molecular flexibility index (Phi) is 4.55. The number of rotatable bonds is 5. The lowest BCUT2D eigenvalue weighted by Crippen LogP contribution is -2.41. The number of hydrogen-bond acceptors (Lipinski definition) is 5. The Morgan fingerprint density at radius 3 is 2.87 bits per heavy atom. The highest BCUT2D eigenvalue weighted by Gasteiger charge is 2.16. The smallest absolute Gasteiger partial charge is 0.237 e. The van der Waals surface area contributed by atoms with E-state index in [0.717, 1.165) is 11.1 Å². The summed E-state index contributed by atoms with van der Waals surface area (Å²) in [7, 11) is 0. The highest BCUT2D eigenvalue weighted by Crippen LogP contribution is 2.26. The van der Waals surface area contributed by atoms with Gasteiger partial charge in [-0.05, 0) is 40.4 Å². The number of nitrogens with two attached hydrogens (primary N) is 2. The van der Waals surface area contributed by atoms with Crippen LogP contribution >= 0.6 is 11.3 Å². The first-order chi connectivity index (χ1) is 11.1. The Morgan fingerprint density at radius 1 is 1.26 bits per heavy atom. The second-order valence-corrected chi connectivity index (χ2v) is 6.29. The number of anilines is 1. The molecule has 0 bridgehead atoms. The van der Waals surface area contributed by atoms with Gasteiger partial charge in [0.2, 0.25) is 5.91 Å². The summed E-state index contributed by atoms with van der Waals surface area (Å²) in [6.45, 7) is 0.393. The molecule has 5 nitrogen and oxygen atoms in total. The lowest BCUT2D eigenvalue weighted by Gasteiger charge is -2.12. The number of thiophene rings is 1. The molecule has 0 radical (unpaired) electrons. The minimum absolute atomic E-state index is 0.169. The molecule has 2 aromatic heterocycles. The van der Waals surface area contributed by atoms with Crippen LogP contribution in [0.15, 0.2) is 48.0 Å². The summed E-state index contributed by atoms with van der Waals surface area (Å²) >= 11 is 1.67. The van der Waals surface area contributed by atoms with Gasteiger partial charge in [0.05, 0.1) is 6.04 Å². The van der Waals surface area contributed by atoms with E-state index in [0.29, 0.717) is 18.8 Å². The maximum absolute atomic E-state index is 12.2. The molecule has 2 heterocycles. The molecule has 0 aliphatic heterocycles. The van der Waals surface area contributed by atoms with E-state index in [1.807, 2.05) is 18.2 Å². The molecule has 0 saturated heterocycles. The van der Waals surface area contributed by atoms with Crippen LogP contribution in [0.4, 0.5) is 5.82 Å². The fourth-order valence-corrected chi connectivity index (χ4v) is 3.36. The molecule has 0 unspecified atom stereocenters. The zero-order chi connectivity index (χ0) is 16.2. The number of hydrogen-bond donors (Lipinski definition) is 3. The van der Waals surface area contributed by atoms with Crippen LogP contribution in [-0.4, -0.2) is 16.9 Å². The number of pyridine rings is 1. The van der Waals surface area contributed by atoms with Crippen LogP contribution in [-0.2, 0) is 17.8 Å². The number of amides is 1. The van der Waals surface area contributed by atoms with E-state index in [4.69, 9.17) is 11.5 Å². The molecule has 1 amide bonds. The van der Waals surface area contributed by atoms with E-state index in [1.54, 1.807) is 23.6 Å². The highest BCUT2D eigenvalue weighted by atomic mass is 32.1. The Morgan fingerprint density at radius 2 is 2.09 bits per heavy atom. The minimum Gasteiger partial charge on any atom is -0.384 e. The largest absolute Gasteiger partial charge is 0.384 e. The Bertz CT molecular complexity index is 813. The van der Waals surface area contributed by atoms with E-state index >= 15 is 0 Å². The molecule has 0 saturated carbocycles. The van der Waals surface area contributed by atoms with Crippen molar-refractivity contribution in [3.63, 3.8) is 0 Å². The third kappa shape index (κ3) is 3.67. The predicted octanol–water partition coefficient (Wildman–Crippen LogP) is 2.06. The maximum Gasteiger partial charge on any atom is 0.237 e. The second kappa shape index (κ2) is 6.76. The van der Waals surface area contributed by atoms with E-state index < -0.39 is 6.04 Å². The summed E-state index contributed by atoms with van der Waals surface area (Å²) in [6, 6.07) is 11.1. The average Bonchev–Trinajstić information content (AvgIpc) is 2.97. The van der Waals surface area contributed by atoms with Crippen LogP contribution in [0.1, 0.15) is 11.1 Å². The van der Waals surface area contributed by atoms with Gasteiger partial charge in [0, 0.05) is 17.4 Å². The van der Waals surface area contributed by atoms with Crippen LogP contribution in [0, 0.1) is 0 Å². The monoisotopic (exact) mass is 326 g/mol. The first-order valence-corrected chi connectivity index (χ1v) is 8.20. The second-order valence-electron chi connectivity index (χ2n) is 5.38. The third-order valence-corrected chi connectivity index (χ3v) is 4.66. The van der Waals surface area contributed by atoms with Crippen molar-refractivity contribution in [2.45, 2.75) is 19.0 Å². The molecule has 118 valence electrons. The molecule has 0 aliphatic rings. The topological polar surface area (TPSA) is 94.0 Å². The molecule has 6 heteroatoms. The van der Waals surface area contributed by atoms with Crippen LogP contribution in [0.5, 0.6) is 0 Å². The lowest BCUT2D eigenvalue weighted by atomic mass is 10.1. The minimum atomic E-state index is -0.574. The molecule has 0 spiro atoms. The van der Waals surface area contributed by atoms with Crippen LogP contribution in [0.2, 0.25) is 0 Å². The number of fused-ring (bicyclic) bond motifs is 1. The van der Waals surface area contributed by atoms with E-state index in [2.05, 4.69) is 27.8 Å². The average molecular weight is 326 g/mol. The van der Waals surface area contributed by atoms with Gasteiger partial charge in [-0.1, -0.05) is 24.3 Å². The lowest BCUT2D eigenvalue weighted by molar-refractivity contribution is -0.122. The van der Waals surface area contributed by atoms with Gasteiger partial charge in [0.15, 0.2) is 0 Å². The van der Waals surface area contributed by atoms with Gasteiger partial charge in [-0.2, -0.15) is 0 Å². The highest BCUT2D eigenvalue weighted by molar-refractivity contribution is 7.17. The van der Waals surface area contributed by atoms with Crippen LogP contribution in [0.3, 0.4) is 0 Å². The normalized spacial score (nSPS) is 12.2. The molecular formula is C17H18N4OS. The summed E-state index contributed by atoms with van der Waals surface area (Å²) in [4.78, 5) is 16.2. The first kappa shape index (κ1) is 15.5. The fourth-order valence-electron chi connectivity index (χ4n) is 2.38. The van der Waals surface area contributed by atoms with E-state index in [-0.39, 0.29) is 5.91 Å². The van der Waals surface area contributed by atoms with Gasteiger partial charge < -0.3 is 16.8 Å². The fraction of sp³-hybridized carbons (Fsp3) is 0.176. The first-order valence-electron chi connectivity index (χ1n) is 7.32. The van der Waals surface area contributed by atoms with Crippen LogP contribution in [0.25, 0.3) is 10.1 Å². The van der Waals surface area contributed by atoms with Crippen molar-refractivity contribution in [2.24, 2.45) is 5.73 Å². The maximum atomic E-state index is 12.2. The van der Waals surface area contributed by atoms with Crippen molar-refractivity contribution in [2.75, 3.05) is 5.73 Å². The predicted molar refractivity (Wildman–Crippen MR) is 94.0 cm³/mol. The van der Waals surface area contributed by atoms with Crippen LogP contribution < -0.4 is 16.8 Å². The molecule has 0 fully saturated rings. The van der Waals surface area contributed by atoms with Gasteiger partial charge in [0.1, 0.15) is 5.82 Å². The standard InChI is InChI=1S/C17H18N4OS/c18-14(7-12-10-23-15-4-2-1-3-13(12)15)17(22)21-9-11-5-6-16(19)20-8-11/h1-6,8,10,14H,7,9,18H2,(H2,19,20)(H,21,22)/t14-/m0/s1. The summed E-state index contributed by atoms with van der Waals surface area (Å²) in [6.07, 6.45) is 2.17. The number of carbonyl (C=O) groups excluding carboxylic acids is 1. The summed E-state index contributed by atoms with van der Waals surface area (Å²) in [5.74, 6) is 0.290. The third-order valence-electron chi connectivity index (χ3n) is 3.65. The SMILES string of the molecule is Nc1ccc(CNC(=O)[C@@H](N)Cc2csc3ccccc23)cn1. The number of nitrogens with one attached hydrogen (secondary N) is 1. The number of nitrogens with zero attached hydrogens (tertiary/aromatic N) is 1. The van der Waals surface area contributed by atoms with Gasteiger partial charge in [-0.3, -0.25) is 4.79 Å². The van der Waals surface area contributed by atoms with Crippen molar-refractivity contribution < 1.29 is 4.79 Å². The van der Waals surface area contributed by atoms with Gasteiger partial charge in [-0.15, -0.1) is 11.3 Å². The van der Waals surface area contributed by atoms with Crippen molar-refractivity contribution >= 4 is 33.1 Å². The molecule has 1 aromatic carbocycles. The van der Waals surface area contributed by atoms with Crippen molar-refractivity contribution in [1.82, 2.24) is 10.3 Å². The molecule has 5 N–H and O–H groups in total. The van der Waals surface area contributed by atoms with Gasteiger partial charge >= 0.3 is 0 Å². The number of carbonyl (C=O) groups is 1. The zero-order valence-corrected chi connectivity index (χ0v) is 13.3. The molecule has 23 heavy (non-hydrogen) atoms. The van der Waals surface area contributed by atoms with Gasteiger partial charge in [-0.25, -0.2) is 4.98 Å². The quantitative estimate of drug-likeness (QED) is 0.669. The summed E-state index contributed by atoms with van der Waals surface area (Å²) < 4.78 is 1.21. The summed E-state index contributed by atoms with van der Waals surface area (Å²) in [5, 5.41) is 6.08. The van der Waals surface area contributed by atoms with Crippen molar-refractivity contribution in [1.29, 1.82) is 0 Å². The molecule has 1 atom stereocenters. The Balaban J connectivity index is 1.60. The molecular weight excluding hydrogens is 308 g/mol. The number of benzene rings is 1. The Hall–Kier alpha value is -2.44. The molecule has 0 aliphatic carbocycles. The van der Waals surface area contributed by atoms with Gasteiger partial charge in [0.25, 0.3) is 0 Å². The van der Waals surface area contributed by atoms with E-state index in [1.165, 1.54) is 10.1 Å². The molecule has 3 aromatic rings.